The lowest BCUT2D eigenvalue weighted by atomic mass is 9.91. The molecule has 1 N–H and O–H groups in total. The summed E-state index contributed by atoms with van der Waals surface area (Å²) in [6.07, 6.45) is 9.34. The van der Waals surface area contributed by atoms with Gasteiger partial charge in [-0.2, -0.15) is 0 Å². The highest BCUT2D eigenvalue weighted by Crippen LogP contribution is 2.21. The fourth-order valence-corrected chi connectivity index (χ4v) is 2.47. The Bertz CT molecular complexity index is 304. The standard InChI is InChI=1S/C17H28O/c1-3-5-9-15-11-7-12-16(10-6-4-2)17(15)13-8-14-18/h7,11-12,18H,3-6,8-10,13-14H2,1-2H3. The predicted octanol–water partition coefficient (Wildman–Crippen LogP) is 4.30. The molecular formula is C17H28O. The molecule has 0 radical (unpaired) electrons. The summed E-state index contributed by atoms with van der Waals surface area (Å²) in [5.74, 6) is 0. The van der Waals surface area contributed by atoms with Crippen LogP contribution in [0.15, 0.2) is 18.2 Å². The van der Waals surface area contributed by atoms with E-state index in [1.165, 1.54) is 55.2 Å². The number of aryl methyl sites for hydroxylation is 2. The molecule has 1 aromatic rings. The Hall–Kier alpha value is -0.820. The van der Waals surface area contributed by atoms with Crippen molar-refractivity contribution in [2.24, 2.45) is 0 Å². The van der Waals surface area contributed by atoms with Crippen LogP contribution in [0, 0.1) is 0 Å². The average Bonchev–Trinajstić information content (AvgIpc) is 2.41. The maximum atomic E-state index is 9.06. The van der Waals surface area contributed by atoms with E-state index in [0.29, 0.717) is 6.61 Å². The molecule has 0 saturated carbocycles. The van der Waals surface area contributed by atoms with Gasteiger partial charge in [0.2, 0.25) is 0 Å². The number of aliphatic hydroxyl groups is 1. The molecular weight excluding hydrogens is 220 g/mol. The smallest absolute Gasteiger partial charge is 0.0434 e. The minimum Gasteiger partial charge on any atom is -0.396 e. The first kappa shape index (κ1) is 15.2. The molecule has 0 heterocycles. The fourth-order valence-electron chi connectivity index (χ4n) is 2.47. The molecule has 1 rings (SSSR count). The van der Waals surface area contributed by atoms with Crippen LogP contribution in [0.5, 0.6) is 0 Å². The van der Waals surface area contributed by atoms with Crippen molar-refractivity contribution in [2.45, 2.75) is 65.2 Å². The van der Waals surface area contributed by atoms with Crippen LogP contribution in [0.25, 0.3) is 0 Å². The van der Waals surface area contributed by atoms with E-state index in [0.717, 1.165) is 12.8 Å². The summed E-state index contributed by atoms with van der Waals surface area (Å²) >= 11 is 0. The second-order valence-corrected chi connectivity index (χ2v) is 5.09. The Morgan fingerprint density at radius 2 is 1.39 bits per heavy atom. The zero-order valence-electron chi connectivity index (χ0n) is 12.0. The van der Waals surface area contributed by atoms with Gasteiger partial charge in [0.05, 0.1) is 0 Å². The molecule has 0 bridgehead atoms. The summed E-state index contributed by atoms with van der Waals surface area (Å²) in [5, 5.41) is 9.06. The van der Waals surface area contributed by atoms with Crippen molar-refractivity contribution >= 4 is 0 Å². The first-order valence-electron chi connectivity index (χ1n) is 7.54. The van der Waals surface area contributed by atoms with Gasteiger partial charge in [-0.3, -0.25) is 0 Å². The molecule has 1 nitrogen and oxygen atoms in total. The summed E-state index contributed by atoms with van der Waals surface area (Å²) in [7, 11) is 0. The minimum atomic E-state index is 0.301. The van der Waals surface area contributed by atoms with Crippen molar-refractivity contribution in [3.8, 4) is 0 Å². The summed E-state index contributed by atoms with van der Waals surface area (Å²) in [6.45, 7) is 4.79. The molecule has 0 unspecified atom stereocenters. The SMILES string of the molecule is CCCCc1cccc(CCCC)c1CCCO. The monoisotopic (exact) mass is 248 g/mol. The van der Waals surface area contributed by atoms with Crippen molar-refractivity contribution in [1.82, 2.24) is 0 Å². The highest BCUT2D eigenvalue weighted by molar-refractivity contribution is 5.36. The molecule has 0 aliphatic heterocycles. The van der Waals surface area contributed by atoms with Gasteiger partial charge < -0.3 is 5.11 Å². The second kappa shape index (κ2) is 9.16. The van der Waals surface area contributed by atoms with E-state index in [1.54, 1.807) is 0 Å². The molecule has 0 aliphatic rings. The normalized spacial score (nSPS) is 10.8. The third kappa shape index (κ3) is 4.81. The number of hydrogen-bond acceptors (Lipinski definition) is 1. The molecule has 0 aliphatic carbocycles. The Balaban J connectivity index is 2.85. The molecule has 102 valence electrons. The quantitative estimate of drug-likeness (QED) is 0.691. The number of rotatable bonds is 9. The molecule has 1 heteroatoms. The van der Waals surface area contributed by atoms with Gasteiger partial charge in [0.25, 0.3) is 0 Å². The van der Waals surface area contributed by atoms with Gasteiger partial charge in [0.15, 0.2) is 0 Å². The first-order chi connectivity index (χ1) is 8.83. The molecule has 0 fully saturated rings. The van der Waals surface area contributed by atoms with Crippen LogP contribution >= 0.6 is 0 Å². The van der Waals surface area contributed by atoms with Crippen LogP contribution in [0.3, 0.4) is 0 Å². The van der Waals surface area contributed by atoms with Crippen molar-refractivity contribution in [3.05, 3.63) is 34.9 Å². The van der Waals surface area contributed by atoms with E-state index in [-0.39, 0.29) is 0 Å². The molecule has 0 aromatic heterocycles. The zero-order valence-corrected chi connectivity index (χ0v) is 12.0. The zero-order chi connectivity index (χ0) is 13.2. The van der Waals surface area contributed by atoms with E-state index in [4.69, 9.17) is 5.11 Å². The van der Waals surface area contributed by atoms with Gasteiger partial charge in [-0.05, 0) is 55.2 Å². The largest absolute Gasteiger partial charge is 0.396 e. The highest BCUT2D eigenvalue weighted by Gasteiger charge is 2.07. The van der Waals surface area contributed by atoms with Gasteiger partial charge in [0.1, 0.15) is 0 Å². The highest BCUT2D eigenvalue weighted by atomic mass is 16.2. The molecule has 18 heavy (non-hydrogen) atoms. The van der Waals surface area contributed by atoms with Gasteiger partial charge in [-0.15, -0.1) is 0 Å². The maximum absolute atomic E-state index is 9.06. The second-order valence-electron chi connectivity index (χ2n) is 5.09. The van der Waals surface area contributed by atoms with Crippen LogP contribution in [0.4, 0.5) is 0 Å². The maximum Gasteiger partial charge on any atom is 0.0434 e. The van der Waals surface area contributed by atoms with Gasteiger partial charge in [-0.1, -0.05) is 44.9 Å². The number of unbranched alkanes of at least 4 members (excludes halogenated alkanes) is 2. The van der Waals surface area contributed by atoms with Gasteiger partial charge in [0, 0.05) is 6.61 Å². The predicted molar refractivity (Wildman–Crippen MR) is 79.1 cm³/mol. The number of hydrogen-bond donors (Lipinski definition) is 1. The molecule has 0 amide bonds. The van der Waals surface area contributed by atoms with E-state index in [2.05, 4.69) is 32.0 Å². The minimum absolute atomic E-state index is 0.301. The molecule has 0 saturated heterocycles. The summed E-state index contributed by atoms with van der Waals surface area (Å²) in [6, 6.07) is 6.76. The molecule has 0 atom stereocenters. The van der Waals surface area contributed by atoms with Crippen LogP contribution in [-0.2, 0) is 19.3 Å². The topological polar surface area (TPSA) is 20.2 Å². The fraction of sp³-hybridized carbons (Fsp3) is 0.647. The van der Waals surface area contributed by atoms with Gasteiger partial charge in [-0.25, -0.2) is 0 Å². The van der Waals surface area contributed by atoms with Crippen molar-refractivity contribution in [3.63, 3.8) is 0 Å². The Labute approximate surface area is 112 Å². The third-order valence-corrected chi connectivity index (χ3v) is 3.55. The Morgan fingerprint density at radius 1 is 0.833 bits per heavy atom. The van der Waals surface area contributed by atoms with Crippen molar-refractivity contribution in [1.29, 1.82) is 0 Å². The lowest BCUT2D eigenvalue weighted by Crippen LogP contribution is -2.02. The van der Waals surface area contributed by atoms with E-state index >= 15 is 0 Å². The average molecular weight is 248 g/mol. The number of benzene rings is 1. The lowest BCUT2D eigenvalue weighted by Gasteiger charge is -2.14. The Morgan fingerprint density at radius 3 is 1.83 bits per heavy atom. The summed E-state index contributed by atoms with van der Waals surface area (Å²) in [5.41, 5.74) is 4.55. The van der Waals surface area contributed by atoms with Crippen LogP contribution in [-0.4, -0.2) is 11.7 Å². The van der Waals surface area contributed by atoms with Crippen LogP contribution in [0.1, 0.15) is 62.6 Å². The Kier molecular flexibility index (Phi) is 7.75. The molecule has 1 aromatic carbocycles. The summed E-state index contributed by atoms with van der Waals surface area (Å²) in [4.78, 5) is 0. The third-order valence-electron chi connectivity index (χ3n) is 3.55. The van der Waals surface area contributed by atoms with Crippen molar-refractivity contribution < 1.29 is 5.11 Å². The van der Waals surface area contributed by atoms with Gasteiger partial charge >= 0.3 is 0 Å². The van der Waals surface area contributed by atoms with Crippen molar-refractivity contribution in [2.75, 3.05) is 6.61 Å². The van der Waals surface area contributed by atoms with E-state index in [9.17, 15) is 0 Å². The first-order valence-corrected chi connectivity index (χ1v) is 7.54. The van der Waals surface area contributed by atoms with E-state index < -0.39 is 0 Å². The number of aliphatic hydroxyl groups excluding tert-OH is 1. The van der Waals surface area contributed by atoms with E-state index in [1.807, 2.05) is 0 Å². The van der Waals surface area contributed by atoms with Crippen LogP contribution in [0.2, 0.25) is 0 Å². The van der Waals surface area contributed by atoms with Crippen LogP contribution < -0.4 is 0 Å². The lowest BCUT2D eigenvalue weighted by molar-refractivity contribution is 0.288. The molecule has 0 spiro atoms. The summed E-state index contributed by atoms with van der Waals surface area (Å²) < 4.78 is 0.